The van der Waals surface area contributed by atoms with Gasteiger partial charge in [-0.3, -0.25) is 9.59 Å². The molecule has 50 heavy (non-hydrogen) atoms. The Bertz CT molecular complexity index is 1760. The van der Waals surface area contributed by atoms with E-state index >= 15 is 0 Å². The van der Waals surface area contributed by atoms with Gasteiger partial charge in [0.25, 0.3) is 0 Å². The van der Waals surface area contributed by atoms with Crippen LogP contribution in [0.3, 0.4) is 0 Å². The van der Waals surface area contributed by atoms with Crippen LogP contribution in [0, 0.1) is 24.7 Å². The molecule has 0 fully saturated rings. The number of dihydropyridines is 2. The first-order chi connectivity index (χ1) is 23.5. The summed E-state index contributed by atoms with van der Waals surface area (Å²) in [5.41, 5.74) is 5.21. The van der Waals surface area contributed by atoms with E-state index in [4.69, 9.17) is 9.47 Å². The zero-order chi connectivity index (χ0) is 36.1. The Hall–Kier alpha value is -3.76. The second kappa shape index (κ2) is 13.8. The summed E-state index contributed by atoms with van der Waals surface area (Å²) in [6.07, 6.45) is 3.33. The van der Waals surface area contributed by atoms with E-state index in [0.717, 1.165) is 43.7 Å². The number of hydrogen-bond acceptors (Lipinski definition) is 10. The molecule has 2 aliphatic heterocycles. The van der Waals surface area contributed by atoms with E-state index in [1.54, 1.807) is 22.7 Å². The van der Waals surface area contributed by atoms with Gasteiger partial charge in [-0.15, -0.1) is 22.7 Å². The predicted molar refractivity (Wildman–Crippen MR) is 197 cm³/mol. The minimum Gasteiger partial charge on any atom is -0.462 e. The zero-order valence-corrected chi connectivity index (χ0v) is 32.0. The molecule has 0 aromatic carbocycles. The Morgan fingerprint density at radius 3 is 1.38 bits per heavy atom. The summed E-state index contributed by atoms with van der Waals surface area (Å²) in [4.78, 5) is 58.5. The molecule has 266 valence electrons. The highest BCUT2D eigenvalue weighted by atomic mass is 32.1. The van der Waals surface area contributed by atoms with Crippen LogP contribution in [0.1, 0.15) is 111 Å². The molecule has 2 atom stereocenters. The number of nitrogens with one attached hydrogen (secondary N) is 2. The van der Waals surface area contributed by atoms with Crippen molar-refractivity contribution in [3.63, 3.8) is 0 Å². The molecule has 2 aromatic rings. The fourth-order valence-electron chi connectivity index (χ4n) is 7.89. The second-order valence-electron chi connectivity index (χ2n) is 15.7. The third kappa shape index (κ3) is 7.19. The Morgan fingerprint density at radius 1 is 0.660 bits per heavy atom. The number of esters is 2. The van der Waals surface area contributed by atoms with Crippen molar-refractivity contribution in [1.29, 1.82) is 0 Å². The quantitative estimate of drug-likeness (QED) is 0.198. The fourth-order valence-corrected chi connectivity index (χ4v) is 9.88. The normalized spacial score (nSPS) is 23.0. The lowest BCUT2D eigenvalue weighted by Crippen LogP contribution is -2.38. The van der Waals surface area contributed by atoms with Crippen molar-refractivity contribution in [2.45, 2.75) is 106 Å². The molecule has 2 aromatic heterocycles. The summed E-state index contributed by atoms with van der Waals surface area (Å²) in [6.45, 7) is 16.5. The van der Waals surface area contributed by atoms with Crippen molar-refractivity contribution >= 4 is 46.2 Å². The molecule has 0 saturated carbocycles. The van der Waals surface area contributed by atoms with Gasteiger partial charge in [0.05, 0.1) is 36.2 Å². The highest BCUT2D eigenvalue weighted by molar-refractivity contribution is 7.12. The number of ether oxygens (including phenoxy) is 2. The number of rotatable bonds is 9. The van der Waals surface area contributed by atoms with Gasteiger partial charge in [-0.2, -0.15) is 0 Å². The van der Waals surface area contributed by atoms with Gasteiger partial charge in [0.15, 0.2) is 11.6 Å². The molecule has 10 heteroatoms. The van der Waals surface area contributed by atoms with E-state index in [2.05, 4.69) is 38.3 Å². The van der Waals surface area contributed by atoms with Crippen molar-refractivity contribution in [3.8, 4) is 0 Å². The maximum Gasteiger partial charge on any atom is 0.336 e. The van der Waals surface area contributed by atoms with Crippen LogP contribution >= 0.6 is 22.7 Å². The average Bonchev–Trinajstić information content (AvgIpc) is 3.63. The van der Waals surface area contributed by atoms with Gasteiger partial charge in [-0.1, -0.05) is 27.7 Å². The molecule has 0 bridgehead atoms. The first kappa shape index (κ1) is 36.0. The molecule has 2 N–H and O–H groups in total. The van der Waals surface area contributed by atoms with Crippen molar-refractivity contribution < 1.29 is 28.7 Å². The van der Waals surface area contributed by atoms with E-state index < -0.39 is 23.8 Å². The first-order valence-electron chi connectivity index (χ1n) is 17.5. The Morgan fingerprint density at radius 2 is 1.04 bits per heavy atom. The zero-order valence-electron chi connectivity index (χ0n) is 30.4. The van der Waals surface area contributed by atoms with Crippen molar-refractivity contribution in [3.05, 3.63) is 88.9 Å². The lowest BCUT2D eigenvalue weighted by atomic mass is 9.70. The van der Waals surface area contributed by atoms with Crippen LogP contribution in [0.25, 0.3) is 0 Å². The number of carbonyl (C=O) groups is 4. The number of thiophene rings is 2. The molecular formula is C40H48N2O6S2. The van der Waals surface area contributed by atoms with E-state index in [1.807, 2.05) is 52.0 Å². The van der Waals surface area contributed by atoms with Gasteiger partial charge in [-0.25, -0.2) is 9.59 Å². The Balaban J connectivity index is 1.09. The minimum atomic E-state index is -0.458. The highest BCUT2D eigenvalue weighted by Crippen LogP contribution is 2.49. The molecular weight excluding hydrogens is 669 g/mol. The monoisotopic (exact) mass is 716 g/mol. The van der Waals surface area contributed by atoms with E-state index in [0.29, 0.717) is 59.4 Å². The number of ketones is 2. The summed E-state index contributed by atoms with van der Waals surface area (Å²) in [5, 5.41) is 6.78. The number of carbonyl (C=O) groups excluding carboxylic acids is 4. The van der Waals surface area contributed by atoms with Crippen LogP contribution in [0.5, 0.6) is 0 Å². The van der Waals surface area contributed by atoms with Crippen molar-refractivity contribution in [1.82, 2.24) is 10.6 Å². The fraction of sp³-hybridized carbons (Fsp3) is 0.500. The molecule has 4 heterocycles. The summed E-state index contributed by atoms with van der Waals surface area (Å²) in [5.74, 6) is -1.67. The molecule has 0 amide bonds. The summed E-state index contributed by atoms with van der Waals surface area (Å²) >= 11 is 3.19. The van der Waals surface area contributed by atoms with Crippen LogP contribution in [0.4, 0.5) is 0 Å². The first-order valence-corrected chi connectivity index (χ1v) is 19.1. The largest absolute Gasteiger partial charge is 0.462 e. The number of Topliss-reactive ketones (excluding diaryl/α,β-unsaturated/α-hetero) is 2. The van der Waals surface area contributed by atoms with Crippen LogP contribution in [0.15, 0.2) is 69.3 Å². The summed E-state index contributed by atoms with van der Waals surface area (Å²) in [7, 11) is 0. The molecule has 0 spiro atoms. The lowest BCUT2D eigenvalue weighted by Gasteiger charge is -2.39. The maximum atomic E-state index is 13.7. The number of unbranched alkanes of at least 4 members (excludes halogenated alkanes) is 1. The standard InChI is InChI=1S/C40H48N2O6S2/c1-21-11-13-29(49-21)35-31(23(3)41-25-17-39(5,6)19-27(43)33(25)35)37(45)47-15-9-10-16-48-38(46)32-24(4)42-26-18-40(7,8)20-28(44)34(26)36(32)30-14-12-22(2)50-30/h11-14,35-36,41-42H,9-10,15-20H2,1-8H3/t35-,36-/m1/s1. The third-order valence-corrected chi connectivity index (χ3v) is 12.1. The molecule has 2 aliphatic carbocycles. The van der Waals surface area contributed by atoms with Gasteiger partial charge in [0.2, 0.25) is 0 Å². The van der Waals surface area contributed by atoms with E-state index in [9.17, 15) is 19.2 Å². The number of allylic oxidation sites excluding steroid dienone is 6. The maximum absolute atomic E-state index is 13.7. The molecule has 4 aliphatic rings. The van der Waals surface area contributed by atoms with Gasteiger partial charge in [-0.05, 0) is 88.5 Å². The number of hydrogen-bond donors (Lipinski definition) is 2. The van der Waals surface area contributed by atoms with Gasteiger partial charge >= 0.3 is 11.9 Å². The van der Waals surface area contributed by atoms with E-state index in [-0.39, 0.29) is 35.6 Å². The van der Waals surface area contributed by atoms with Gasteiger partial charge in [0, 0.05) is 66.3 Å². The third-order valence-electron chi connectivity index (χ3n) is 10.0. The van der Waals surface area contributed by atoms with Gasteiger partial charge in [0.1, 0.15) is 0 Å². The molecule has 0 radical (unpaired) electrons. The Labute approximate surface area is 303 Å². The summed E-state index contributed by atoms with van der Waals surface area (Å²) in [6, 6.07) is 8.06. The van der Waals surface area contributed by atoms with Crippen molar-refractivity contribution in [2.75, 3.05) is 13.2 Å². The predicted octanol–water partition coefficient (Wildman–Crippen LogP) is 8.20. The SMILES string of the molecule is CC1=C(C(=O)OCCCCOC(=O)C2=C(C)NC3=C(C(=O)CC(C)(C)C3)[C@@H]2c2ccc(C)s2)[C@@H](c2ccc(C)s2)C2=C(CC(C)(C)CC2=O)N1. The smallest absolute Gasteiger partial charge is 0.336 e. The molecule has 6 rings (SSSR count). The Kier molecular flexibility index (Phi) is 9.91. The molecule has 0 saturated heterocycles. The second-order valence-corrected chi connectivity index (χ2v) is 18.4. The highest BCUT2D eigenvalue weighted by Gasteiger charge is 2.45. The topological polar surface area (TPSA) is 111 Å². The lowest BCUT2D eigenvalue weighted by molar-refractivity contribution is -0.142. The number of aryl methyl sites for hydroxylation is 2. The molecule has 0 unspecified atom stereocenters. The van der Waals surface area contributed by atoms with Crippen LogP contribution in [-0.4, -0.2) is 36.7 Å². The average molecular weight is 717 g/mol. The van der Waals surface area contributed by atoms with Crippen molar-refractivity contribution in [2.24, 2.45) is 10.8 Å². The minimum absolute atomic E-state index is 0.0681. The van der Waals surface area contributed by atoms with Crippen LogP contribution < -0.4 is 10.6 Å². The van der Waals surface area contributed by atoms with E-state index in [1.165, 1.54) is 0 Å². The van der Waals surface area contributed by atoms with Crippen LogP contribution in [-0.2, 0) is 28.7 Å². The summed E-state index contributed by atoms with van der Waals surface area (Å²) < 4.78 is 11.6. The molecule has 8 nitrogen and oxygen atoms in total. The van der Waals surface area contributed by atoms with Gasteiger partial charge < -0.3 is 20.1 Å². The van der Waals surface area contributed by atoms with Crippen LogP contribution in [0.2, 0.25) is 0 Å².